The number of aromatic nitrogens is 7. The zero-order valence-corrected chi connectivity index (χ0v) is 15.8. The van der Waals surface area contributed by atoms with Crippen molar-refractivity contribution in [3.63, 3.8) is 0 Å². The fourth-order valence-electron chi connectivity index (χ4n) is 3.15. The van der Waals surface area contributed by atoms with Crippen molar-refractivity contribution >= 4 is 17.4 Å². The Kier molecular flexibility index (Phi) is 5.42. The van der Waals surface area contributed by atoms with Crippen LogP contribution in [0, 0.1) is 0 Å². The van der Waals surface area contributed by atoms with Gasteiger partial charge < -0.3 is 5.32 Å². The van der Waals surface area contributed by atoms with Gasteiger partial charge in [0.25, 0.3) is 0 Å². The van der Waals surface area contributed by atoms with Crippen LogP contribution in [0.15, 0.2) is 43.0 Å². The SMILES string of the molecule is O=CNCCC(F)(F)CCc1cnc2c(ccn2-c2cncc(-c3nn[nH]n3)c2)c1. The van der Waals surface area contributed by atoms with Crippen LogP contribution in [-0.2, 0) is 11.2 Å². The Labute approximate surface area is 169 Å². The first-order valence-corrected chi connectivity index (χ1v) is 9.26. The molecule has 0 saturated heterocycles. The summed E-state index contributed by atoms with van der Waals surface area (Å²) >= 11 is 0. The van der Waals surface area contributed by atoms with Crippen molar-refractivity contribution in [3.8, 4) is 17.1 Å². The van der Waals surface area contributed by atoms with Gasteiger partial charge in [-0.25, -0.2) is 13.8 Å². The smallest absolute Gasteiger partial charge is 0.250 e. The number of halogens is 2. The van der Waals surface area contributed by atoms with E-state index in [0.29, 0.717) is 23.4 Å². The number of tetrazole rings is 1. The minimum Gasteiger partial charge on any atom is -0.358 e. The first kappa shape index (κ1) is 19.6. The summed E-state index contributed by atoms with van der Waals surface area (Å²) in [6.07, 6.45) is 6.69. The molecular weight excluding hydrogens is 394 g/mol. The number of carbonyl (C=O) groups excluding carboxylic acids is 1. The Morgan fingerprint density at radius 2 is 2.10 bits per heavy atom. The van der Waals surface area contributed by atoms with E-state index in [1.54, 1.807) is 18.6 Å². The van der Waals surface area contributed by atoms with Gasteiger partial charge in [0.05, 0.1) is 11.9 Å². The molecule has 0 aliphatic heterocycles. The van der Waals surface area contributed by atoms with Crippen LogP contribution in [0.4, 0.5) is 8.78 Å². The number of rotatable bonds is 9. The van der Waals surface area contributed by atoms with Gasteiger partial charge in [-0.2, -0.15) is 5.21 Å². The summed E-state index contributed by atoms with van der Waals surface area (Å²) in [4.78, 5) is 18.9. The van der Waals surface area contributed by atoms with Gasteiger partial charge in [0.2, 0.25) is 18.2 Å². The summed E-state index contributed by atoms with van der Waals surface area (Å²) in [5.41, 5.74) is 2.88. The monoisotopic (exact) mass is 412 g/mol. The normalized spacial score (nSPS) is 11.7. The first-order valence-electron chi connectivity index (χ1n) is 9.26. The maximum Gasteiger partial charge on any atom is 0.250 e. The summed E-state index contributed by atoms with van der Waals surface area (Å²) in [7, 11) is 0. The molecule has 0 aromatic carbocycles. The van der Waals surface area contributed by atoms with Crippen molar-refractivity contribution < 1.29 is 13.6 Å². The van der Waals surface area contributed by atoms with Gasteiger partial charge in [-0.3, -0.25) is 14.3 Å². The number of nitrogens with zero attached hydrogens (tertiary/aromatic N) is 6. The van der Waals surface area contributed by atoms with Gasteiger partial charge in [0, 0.05) is 48.9 Å². The summed E-state index contributed by atoms with van der Waals surface area (Å²) in [6, 6.07) is 5.59. The number of carbonyl (C=O) groups is 1. The molecule has 0 fully saturated rings. The molecule has 4 heterocycles. The Hall–Kier alpha value is -3.76. The number of amides is 1. The van der Waals surface area contributed by atoms with Crippen LogP contribution in [0.5, 0.6) is 0 Å². The maximum atomic E-state index is 13.9. The quantitative estimate of drug-likeness (QED) is 0.322. The number of aromatic amines is 1. The number of hydrogen-bond donors (Lipinski definition) is 2. The van der Waals surface area contributed by atoms with E-state index < -0.39 is 5.92 Å². The van der Waals surface area contributed by atoms with E-state index in [-0.39, 0.29) is 25.8 Å². The Bertz CT molecular complexity index is 1140. The van der Waals surface area contributed by atoms with Crippen molar-refractivity contribution in [2.75, 3.05) is 6.54 Å². The molecule has 1 amide bonds. The highest BCUT2D eigenvalue weighted by molar-refractivity contribution is 5.79. The molecule has 9 nitrogen and oxygen atoms in total. The van der Waals surface area contributed by atoms with Crippen LogP contribution in [0.1, 0.15) is 18.4 Å². The number of fused-ring (bicyclic) bond motifs is 1. The lowest BCUT2D eigenvalue weighted by Gasteiger charge is -2.15. The van der Waals surface area contributed by atoms with Gasteiger partial charge in [0.1, 0.15) is 5.65 Å². The third-order valence-corrected chi connectivity index (χ3v) is 4.69. The molecule has 0 atom stereocenters. The lowest BCUT2D eigenvalue weighted by Crippen LogP contribution is -2.24. The number of aryl methyl sites for hydroxylation is 1. The van der Waals surface area contributed by atoms with Crippen LogP contribution in [0.25, 0.3) is 28.1 Å². The number of nitrogens with one attached hydrogen (secondary N) is 2. The molecule has 0 aliphatic carbocycles. The van der Waals surface area contributed by atoms with E-state index in [4.69, 9.17) is 0 Å². The van der Waals surface area contributed by atoms with Gasteiger partial charge >= 0.3 is 0 Å². The summed E-state index contributed by atoms with van der Waals surface area (Å²) in [5.74, 6) is -2.42. The van der Waals surface area contributed by atoms with Crippen molar-refractivity contribution in [2.24, 2.45) is 0 Å². The molecule has 0 bridgehead atoms. The number of alkyl halides is 2. The maximum absolute atomic E-state index is 13.9. The second kappa shape index (κ2) is 8.31. The zero-order valence-electron chi connectivity index (χ0n) is 15.8. The molecule has 4 aromatic rings. The first-order chi connectivity index (χ1) is 14.6. The minimum absolute atomic E-state index is 0.0480. The number of pyridine rings is 2. The van der Waals surface area contributed by atoms with Crippen LogP contribution in [-0.4, -0.2) is 54.0 Å². The van der Waals surface area contributed by atoms with Crippen molar-refractivity contribution in [3.05, 3.63) is 48.5 Å². The highest BCUT2D eigenvalue weighted by Crippen LogP contribution is 2.26. The zero-order chi connectivity index (χ0) is 21.0. The summed E-state index contributed by atoms with van der Waals surface area (Å²) < 4.78 is 29.7. The van der Waals surface area contributed by atoms with E-state index >= 15 is 0 Å². The molecule has 0 spiro atoms. The molecule has 0 unspecified atom stereocenters. The van der Waals surface area contributed by atoms with E-state index in [0.717, 1.165) is 16.6 Å². The van der Waals surface area contributed by atoms with Crippen LogP contribution < -0.4 is 5.32 Å². The molecule has 4 aromatic heterocycles. The van der Waals surface area contributed by atoms with Gasteiger partial charge in [0.15, 0.2) is 0 Å². The van der Waals surface area contributed by atoms with Gasteiger partial charge in [-0.05, 0) is 35.4 Å². The van der Waals surface area contributed by atoms with E-state index in [2.05, 4.69) is 35.9 Å². The minimum atomic E-state index is -2.85. The second-order valence-corrected chi connectivity index (χ2v) is 6.79. The highest BCUT2D eigenvalue weighted by Gasteiger charge is 2.27. The molecule has 0 saturated carbocycles. The molecule has 154 valence electrons. The molecule has 2 N–H and O–H groups in total. The van der Waals surface area contributed by atoms with Crippen LogP contribution in [0.2, 0.25) is 0 Å². The third-order valence-electron chi connectivity index (χ3n) is 4.69. The van der Waals surface area contributed by atoms with Gasteiger partial charge in [-0.15, -0.1) is 10.2 Å². The van der Waals surface area contributed by atoms with Gasteiger partial charge in [-0.1, -0.05) is 0 Å². The predicted octanol–water partition coefficient (Wildman–Crippen LogP) is 2.30. The second-order valence-electron chi connectivity index (χ2n) is 6.79. The predicted molar refractivity (Wildman–Crippen MR) is 104 cm³/mol. The Morgan fingerprint density at radius 1 is 1.20 bits per heavy atom. The molecular formula is C19H18F2N8O. The molecule has 4 rings (SSSR count). The average molecular weight is 412 g/mol. The van der Waals surface area contributed by atoms with Crippen LogP contribution >= 0.6 is 0 Å². The number of hydrogen-bond acceptors (Lipinski definition) is 6. The van der Waals surface area contributed by atoms with Crippen LogP contribution in [0.3, 0.4) is 0 Å². The van der Waals surface area contributed by atoms with Crippen molar-refractivity contribution in [2.45, 2.75) is 25.2 Å². The topological polar surface area (TPSA) is 114 Å². The number of H-pyrrole nitrogens is 1. The molecule has 0 radical (unpaired) electrons. The van der Waals surface area contributed by atoms with E-state index in [1.807, 2.05) is 29.0 Å². The average Bonchev–Trinajstić information content (AvgIpc) is 3.42. The standard InChI is InChI=1S/C19H18F2N8O/c20-19(21,4-5-22-12-30)3-1-13-7-14-2-6-29(18(14)24-9-13)16-8-15(10-23-11-16)17-25-27-28-26-17/h2,6-12H,1,3-5H2,(H,22,30)(H,25,26,27,28). The fraction of sp³-hybridized carbons (Fsp3) is 0.263. The lowest BCUT2D eigenvalue weighted by molar-refractivity contribution is -0.109. The third kappa shape index (κ3) is 4.29. The van der Waals surface area contributed by atoms with E-state index in [1.165, 1.54) is 0 Å². The Balaban J connectivity index is 1.52. The molecule has 30 heavy (non-hydrogen) atoms. The van der Waals surface area contributed by atoms with Crippen molar-refractivity contribution in [1.82, 2.24) is 40.5 Å². The molecule has 11 heteroatoms. The fourth-order valence-corrected chi connectivity index (χ4v) is 3.15. The van der Waals surface area contributed by atoms with E-state index in [9.17, 15) is 13.6 Å². The summed E-state index contributed by atoms with van der Waals surface area (Å²) in [5, 5.41) is 17.0. The Morgan fingerprint density at radius 3 is 2.90 bits per heavy atom. The van der Waals surface area contributed by atoms with Crippen molar-refractivity contribution in [1.29, 1.82) is 0 Å². The lowest BCUT2D eigenvalue weighted by atomic mass is 10.0. The summed E-state index contributed by atoms with van der Waals surface area (Å²) in [6.45, 7) is -0.0480. The molecule has 0 aliphatic rings. The largest absolute Gasteiger partial charge is 0.358 e. The highest BCUT2D eigenvalue weighted by atomic mass is 19.3.